The predicted molar refractivity (Wildman–Crippen MR) is 47.6 cm³/mol. The molecule has 0 radical (unpaired) electrons. The molecular weight excluding hydrogens is 232 g/mol. The number of rotatable bonds is 2. The second-order valence-corrected chi connectivity index (χ2v) is 4.98. The number of methoxy groups -OCH3 is 1. The van der Waals surface area contributed by atoms with Gasteiger partial charge in [-0.3, -0.25) is 4.68 Å². The summed E-state index contributed by atoms with van der Waals surface area (Å²) >= 11 is 0. The summed E-state index contributed by atoms with van der Waals surface area (Å²) in [7, 11) is 3.71. The smallest absolute Gasteiger partial charge is 0.359 e. The summed E-state index contributed by atoms with van der Waals surface area (Å²) in [6.07, 6.45) is 1.13. The maximum atomic E-state index is 11.1. The molecule has 0 aliphatic carbocycles. The maximum absolute atomic E-state index is 11.1. The van der Waals surface area contributed by atoms with Gasteiger partial charge >= 0.3 is 5.97 Å². The van der Waals surface area contributed by atoms with Crippen LogP contribution in [0.5, 0.6) is 0 Å². The summed E-state index contributed by atoms with van der Waals surface area (Å²) in [4.78, 5) is 10.7. The number of aromatic nitrogens is 2. The molecule has 1 rings (SSSR count). The SMILES string of the molecule is COC(=O)c1nn(C)cc1S(=O)(=O)Cl. The highest BCUT2D eigenvalue weighted by molar-refractivity contribution is 8.13. The molecular formula is C6H7ClN2O4S. The van der Waals surface area contributed by atoms with Gasteiger partial charge in [-0.15, -0.1) is 0 Å². The molecule has 0 spiro atoms. The zero-order valence-electron chi connectivity index (χ0n) is 7.39. The minimum absolute atomic E-state index is 0.315. The lowest BCUT2D eigenvalue weighted by atomic mass is 10.4. The zero-order valence-corrected chi connectivity index (χ0v) is 8.96. The monoisotopic (exact) mass is 238 g/mol. The first kappa shape index (κ1) is 11.0. The van der Waals surface area contributed by atoms with E-state index in [4.69, 9.17) is 10.7 Å². The van der Waals surface area contributed by atoms with E-state index in [2.05, 4.69) is 9.84 Å². The maximum Gasteiger partial charge on any atom is 0.359 e. The third-order valence-corrected chi connectivity index (χ3v) is 2.76. The molecule has 0 amide bonds. The molecule has 8 heteroatoms. The second-order valence-electron chi connectivity index (χ2n) is 2.45. The largest absolute Gasteiger partial charge is 0.464 e. The number of esters is 1. The number of hydrogen-bond acceptors (Lipinski definition) is 5. The van der Waals surface area contributed by atoms with Crippen LogP contribution in [0.2, 0.25) is 0 Å². The van der Waals surface area contributed by atoms with Crippen molar-refractivity contribution in [3.8, 4) is 0 Å². The van der Waals surface area contributed by atoms with E-state index in [1.165, 1.54) is 11.7 Å². The van der Waals surface area contributed by atoms with E-state index in [0.29, 0.717) is 0 Å². The lowest BCUT2D eigenvalue weighted by molar-refractivity contribution is 0.0589. The van der Waals surface area contributed by atoms with E-state index >= 15 is 0 Å². The van der Waals surface area contributed by atoms with Crippen molar-refractivity contribution < 1.29 is 17.9 Å². The molecule has 0 aliphatic rings. The summed E-state index contributed by atoms with van der Waals surface area (Å²) in [5.41, 5.74) is -0.315. The van der Waals surface area contributed by atoms with Crippen molar-refractivity contribution in [2.75, 3.05) is 7.11 Å². The molecule has 0 bridgehead atoms. The molecule has 0 unspecified atom stereocenters. The molecule has 1 heterocycles. The second kappa shape index (κ2) is 3.58. The Kier molecular flexibility index (Phi) is 2.81. The van der Waals surface area contributed by atoms with Crippen molar-refractivity contribution in [1.29, 1.82) is 0 Å². The van der Waals surface area contributed by atoms with Gasteiger partial charge in [-0.25, -0.2) is 13.2 Å². The number of carbonyl (C=O) groups excluding carboxylic acids is 1. The van der Waals surface area contributed by atoms with E-state index in [-0.39, 0.29) is 10.6 Å². The van der Waals surface area contributed by atoms with E-state index in [9.17, 15) is 13.2 Å². The van der Waals surface area contributed by atoms with Gasteiger partial charge in [-0.05, 0) is 0 Å². The van der Waals surface area contributed by atoms with Crippen molar-refractivity contribution in [2.24, 2.45) is 7.05 Å². The first-order valence-electron chi connectivity index (χ1n) is 3.43. The number of halogens is 1. The lowest BCUT2D eigenvalue weighted by Gasteiger charge is -1.95. The Balaban J connectivity index is 3.38. The van der Waals surface area contributed by atoms with Crippen LogP contribution in [-0.4, -0.2) is 31.3 Å². The van der Waals surface area contributed by atoms with E-state index in [1.807, 2.05) is 0 Å². The van der Waals surface area contributed by atoms with Crippen molar-refractivity contribution in [2.45, 2.75) is 4.90 Å². The van der Waals surface area contributed by atoms with E-state index in [0.717, 1.165) is 13.3 Å². The number of ether oxygens (including phenoxy) is 1. The van der Waals surface area contributed by atoms with Crippen LogP contribution in [0.1, 0.15) is 10.5 Å². The molecule has 78 valence electrons. The average molecular weight is 239 g/mol. The zero-order chi connectivity index (χ0) is 10.9. The van der Waals surface area contributed by atoms with Crippen LogP contribution < -0.4 is 0 Å². The molecule has 0 saturated heterocycles. The Bertz CT molecular complexity index is 464. The Morgan fingerprint density at radius 2 is 2.21 bits per heavy atom. The number of aryl methyl sites for hydroxylation is 1. The summed E-state index contributed by atoms with van der Waals surface area (Å²) in [6, 6.07) is 0. The fourth-order valence-electron chi connectivity index (χ4n) is 0.883. The third kappa shape index (κ3) is 2.05. The first-order chi connectivity index (χ1) is 6.36. The highest BCUT2D eigenvalue weighted by Gasteiger charge is 2.25. The van der Waals surface area contributed by atoms with Crippen LogP contribution in [0.3, 0.4) is 0 Å². The molecule has 0 fully saturated rings. The number of nitrogens with zero attached hydrogens (tertiary/aromatic N) is 2. The van der Waals surface area contributed by atoms with Crippen LogP contribution in [0.15, 0.2) is 11.1 Å². The standard InChI is InChI=1S/C6H7ClN2O4S/c1-9-3-4(14(7,11)12)5(8-9)6(10)13-2/h3H,1-2H3. The fourth-order valence-corrected chi connectivity index (χ4v) is 1.86. The third-order valence-electron chi connectivity index (χ3n) is 1.44. The van der Waals surface area contributed by atoms with Crippen molar-refractivity contribution in [3.63, 3.8) is 0 Å². The topological polar surface area (TPSA) is 78.3 Å². The molecule has 1 aromatic rings. The fraction of sp³-hybridized carbons (Fsp3) is 0.333. The molecule has 0 aromatic carbocycles. The van der Waals surface area contributed by atoms with E-state index < -0.39 is 15.0 Å². The van der Waals surface area contributed by atoms with Crippen LogP contribution in [0, 0.1) is 0 Å². The Morgan fingerprint density at radius 1 is 1.64 bits per heavy atom. The van der Waals surface area contributed by atoms with Crippen LogP contribution >= 0.6 is 10.7 Å². The molecule has 6 nitrogen and oxygen atoms in total. The van der Waals surface area contributed by atoms with Gasteiger partial charge in [-0.2, -0.15) is 5.10 Å². The normalized spacial score (nSPS) is 11.4. The van der Waals surface area contributed by atoms with Gasteiger partial charge in [0.2, 0.25) is 0 Å². The molecule has 1 aromatic heterocycles. The lowest BCUT2D eigenvalue weighted by Crippen LogP contribution is -2.07. The van der Waals surface area contributed by atoms with Crippen molar-refractivity contribution >= 4 is 25.7 Å². The Labute approximate surface area is 84.8 Å². The van der Waals surface area contributed by atoms with Crippen molar-refractivity contribution in [1.82, 2.24) is 9.78 Å². The van der Waals surface area contributed by atoms with Crippen LogP contribution in [-0.2, 0) is 20.8 Å². The molecule has 0 N–H and O–H groups in total. The molecule has 0 atom stereocenters. The highest BCUT2D eigenvalue weighted by atomic mass is 35.7. The van der Waals surface area contributed by atoms with Gasteiger partial charge in [0.25, 0.3) is 9.05 Å². The Hall–Kier alpha value is -1.08. The van der Waals surface area contributed by atoms with Crippen LogP contribution in [0.25, 0.3) is 0 Å². The summed E-state index contributed by atoms with van der Waals surface area (Å²) < 4.78 is 27.5. The van der Waals surface area contributed by atoms with Gasteiger partial charge in [0.15, 0.2) is 5.69 Å². The quantitative estimate of drug-likeness (QED) is 0.541. The van der Waals surface area contributed by atoms with Gasteiger partial charge in [0, 0.05) is 23.9 Å². The van der Waals surface area contributed by atoms with Gasteiger partial charge in [0.1, 0.15) is 4.90 Å². The van der Waals surface area contributed by atoms with E-state index in [1.54, 1.807) is 0 Å². The summed E-state index contributed by atoms with van der Waals surface area (Å²) in [6.45, 7) is 0. The minimum atomic E-state index is -3.98. The number of hydrogen-bond donors (Lipinski definition) is 0. The van der Waals surface area contributed by atoms with Gasteiger partial charge in [0.05, 0.1) is 7.11 Å². The highest BCUT2D eigenvalue weighted by Crippen LogP contribution is 2.18. The van der Waals surface area contributed by atoms with Crippen molar-refractivity contribution in [3.05, 3.63) is 11.9 Å². The van der Waals surface area contributed by atoms with Gasteiger partial charge < -0.3 is 4.74 Å². The molecule has 14 heavy (non-hydrogen) atoms. The minimum Gasteiger partial charge on any atom is -0.464 e. The average Bonchev–Trinajstić information content (AvgIpc) is 2.45. The molecule has 0 saturated carbocycles. The van der Waals surface area contributed by atoms with Gasteiger partial charge in [-0.1, -0.05) is 0 Å². The predicted octanol–water partition coefficient (Wildman–Crippen LogP) is 0.134. The molecule has 0 aliphatic heterocycles. The van der Waals surface area contributed by atoms with Crippen LogP contribution in [0.4, 0.5) is 0 Å². The summed E-state index contributed by atoms with van der Waals surface area (Å²) in [5.74, 6) is -0.843. The number of carbonyl (C=O) groups is 1. The Morgan fingerprint density at radius 3 is 2.64 bits per heavy atom. The summed E-state index contributed by atoms with van der Waals surface area (Å²) in [5, 5.41) is 3.63. The first-order valence-corrected chi connectivity index (χ1v) is 5.74.